The number of ether oxygens (including phenoxy) is 1. The lowest BCUT2D eigenvalue weighted by Gasteiger charge is -2.09. The van der Waals surface area contributed by atoms with Crippen LogP contribution in [0.4, 0.5) is 0 Å². The number of para-hydroxylation sites is 1. The molecule has 0 radical (unpaired) electrons. The largest absolute Gasteiger partial charge is 0.381 e. The van der Waals surface area contributed by atoms with Gasteiger partial charge in [-0.2, -0.15) is 10.2 Å². The summed E-state index contributed by atoms with van der Waals surface area (Å²) >= 11 is 0. The fourth-order valence-electron chi connectivity index (χ4n) is 3.74. The molecule has 4 aromatic rings. The number of nitrogens with zero attached hydrogens (tertiary/aromatic N) is 5. The van der Waals surface area contributed by atoms with E-state index < -0.39 is 0 Å². The molecule has 1 saturated heterocycles. The lowest BCUT2D eigenvalue weighted by molar-refractivity contribution is 0.193. The molecule has 2 aromatic carbocycles. The Balaban J connectivity index is 1.53. The standard InChI is InChI=1S/C23H23N5O/c1-17-5-2-3-6-21(17)28-23(25-22(26-28)20-11-14-29-16-20)19-9-7-18(8-10-19)15-27-13-4-12-24-27/h2-10,12-13,20H,11,14-16H2,1H3. The van der Waals surface area contributed by atoms with Gasteiger partial charge in [-0.25, -0.2) is 9.67 Å². The predicted molar refractivity (Wildman–Crippen MR) is 111 cm³/mol. The van der Waals surface area contributed by atoms with Crippen LogP contribution in [0, 0.1) is 6.92 Å². The molecule has 146 valence electrons. The van der Waals surface area contributed by atoms with E-state index in [1.165, 1.54) is 11.1 Å². The van der Waals surface area contributed by atoms with Crippen molar-refractivity contribution in [3.63, 3.8) is 0 Å². The van der Waals surface area contributed by atoms with Crippen molar-refractivity contribution < 1.29 is 4.74 Å². The SMILES string of the molecule is Cc1ccccc1-n1nc(C2CCOC2)nc1-c1ccc(Cn2cccn2)cc1. The van der Waals surface area contributed by atoms with Gasteiger partial charge in [-0.05, 0) is 36.6 Å². The van der Waals surface area contributed by atoms with E-state index in [2.05, 4.69) is 48.4 Å². The van der Waals surface area contributed by atoms with Gasteiger partial charge in [-0.15, -0.1) is 0 Å². The van der Waals surface area contributed by atoms with Gasteiger partial charge < -0.3 is 4.74 Å². The number of aromatic nitrogens is 5. The second-order valence-corrected chi connectivity index (χ2v) is 7.45. The van der Waals surface area contributed by atoms with Gasteiger partial charge in [0, 0.05) is 30.5 Å². The first-order chi connectivity index (χ1) is 14.3. The summed E-state index contributed by atoms with van der Waals surface area (Å²) in [5, 5.41) is 9.18. The molecule has 3 heterocycles. The zero-order chi connectivity index (χ0) is 19.6. The average Bonchev–Trinajstić information content (AvgIpc) is 3.50. The molecule has 0 aliphatic carbocycles. The molecule has 6 nitrogen and oxygen atoms in total. The molecule has 2 aromatic heterocycles. The Bertz CT molecular complexity index is 1090. The summed E-state index contributed by atoms with van der Waals surface area (Å²) < 4.78 is 9.46. The average molecular weight is 385 g/mol. The van der Waals surface area contributed by atoms with Crippen LogP contribution in [0.2, 0.25) is 0 Å². The van der Waals surface area contributed by atoms with Crippen LogP contribution in [-0.4, -0.2) is 37.8 Å². The van der Waals surface area contributed by atoms with Gasteiger partial charge in [0.2, 0.25) is 0 Å². The van der Waals surface area contributed by atoms with Gasteiger partial charge in [0.1, 0.15) is 0 Å². The highest BCUT2D eigenvalue weighted by atomic mass is 16.5. The Hall–Kier alpha value is -3.25. The zero-order valence-corrected chi connectivity index (χ0v) is 16.4. The van der Waals surface area contributed by atoms with Crippen molar-refractivity contribution in [2.75, 3.05) is 13.2 Å². The highest BCUT2D eigenvalue weighted by Crippen LogP contribution is 2.28. The third-order valence-electron chi connectivity index (χ3n) is 5.38. The van der Waals surface area contributed by atoms with Gasteiger partial charge in [-0.3, -0.25) is 4.68 Å². The molecule has 0 N–H and O–H groups in total. The summed E-state index contributed by atoms with van der Waals surface area (Å²) in [6.45, 7) is 4.33. The Labute approximate surface area is 169 Å². The fraction of sp³-hybridized carbons (Fsp3) is 0.261. The van der Waals surface area contributed by atoms with Crippen LogP contribution in [0.25, 0.3) is 17.1 Å². The van der Waals surface area contributed by atoms with Crippen molar-refractivity contribution in [2.24, 2.45) is 0 Å². The Morgan fingerprint density at radius 1 is 1.07 bits per heavy atom. The van der Waals surface area contributed by atoms with Crippen molar-refractivity contribution in [3.05, 3.63) is 83.9 Å². The minimum absolute atomic E-state index is 0.262. The number of hydrogen-bond acceptors (Lipinski definition) is 4. The lowest BCUT2D eigenvalue weighted by Crippen LogP contribution is -2.04. The van der Waals surface area contributed by atoms with Crippen molar-refractivity contribution >= 4 is 0 Å². The summed E-state index contributed by atoms with van der Waals surface area (Å²) in [5.41, 5.74) is 4.47. The molecular formula is C23H23N5O. The summed E-state index contributed by atoms with van der Waals surface area (Å²) in [4.78, 5) is 4.94. The van der Waals surface area contributed by atoms with Gasteiger partial charge in [0.15, 0.2) is 11.6 Å². The van der Waals surface area contributed by atoms with Gasteiger partial charge in [0.05, 0.1) is 18.8 Å². The maximum absolute atomic E-state index is 5.56. The van der Waals surface area contributed by atoms with Crippen LogP contribution >= 0.6 is 0 Å². The fourth-order valence-corrected chi connectivity index (χ4v) is 3.74. The molecule has 0 bridgehead atoms. The monoisotopic (exact) mass is 385 g/mol. The van der Waals surface area contributed by atoms with E-state index in [4.69, 9.17) is 14.8 Å². The normalized spacial score (nSPS) is 16.4. The molecule has 1 unspecified atom stereocenters. The Morgan fingerprint density at radius 3 is 2.66 bits per heavy atom. The minimum atomic E-state index is 0.262. The van der Waals surface area contributed by atoms with E-state index in [0.717, 1.165) is 42.5 Å². The summed E-state index contributed by atoms with van der Waals surface area (Å²) in [6.07, 6.45) is 4.74. The van der Waals surface area contributed by atoms with Crippen LogP contribution < -0.4 is 0 Å². The summed E-state index contributed by atoms with van der Waals surface area (Å²) in [6, 6.07) is 18.7. The minimum Gasteiger partial charge on any atom is -0.381 e. The molecule has 29 heavy (non-hydrogen) atoms. The van der Waals surface area contributed by atoms with Gasteiger partial charge in [0.25, 0.3) is 0 Å². The Morgan fingerprint density at radius 2 is 1.93 bits per heavy atom. The quantitative estimate of drug-likeness (QED) is 0.521. The molecule has 1 aliphatic rings. The van der Waals surface area contributed by atoms with Gasteiger partial charge in [-0.1, -0.05) is 42.5 Å². The zero-order valence-electron chi connectivity index (χ0n) is 16.4. The molecule has 0 spiro atoms. The molecule has 0 saturated carbocycles. The predicted octanol–water partition coefficient (Wildman–Crippen LogP) is 3.99. The molecule has 0 amide bonds. The molecule has 1 aliphatic heterocycles. The topological polar surface area (TPSA) is 57.8 Å². The maximum atomic E-state index is 5.56. The summed E-state index contributed by atoms with van der Waals surface area (Å²) in [5.74, 6) is 1.99. The van der Waals surface area contributed by atoms with Crippen LogP contribution in [0.1, 0.15) is 29.3 Å². The first-order valence-electron chi connectivity index (χ1n) is 9.95. The molecule has 5 rings (SSSR count). The van der Waals surface area contributed by atoms with E-state index in [-0.39, 0.29) is 5.92 Å². The van der Waals surface area contributed by atoms with E-state index >= 15 is 0 Å². The highest BCUT2D eigenvalue weighted by Gasteiger charge is 2.25. The Kier molecular flexibility index (Phi) is 4.69. The summed E-state index contributed by atoms with van der Waals surface area (Å²) in [7, 11) is 0. The van der Waals surface area contributed by atoms with Gasteiger partial charge >= 0.3 is 0 Å². The molecule has 1 atom stereocenters. The van der Waals surface area contributed by atoms with Crippen LogP contribution in [0.3, 0.4) is 0 Å². The van der Waals surface area contributed by atoms with Crippen molar-refractivity contribution in [1.82, 2.24) is 24.5 Å². The van der Waals surface area contributed by atoms with Crippen molar-refractivity contribution in [3.8, 4) is 17.1 Å². The van der Waals surface area contributed by atoms with E-state index in [0.29, 0.717) is 6.61 Å². The third-order valence-corrected chi connectivity index (χ3v) is 5.38. The molecule has 6 heteroatoms. The first kappa shape index (κ1) is 17.8. The molecular weight excluding hydrogens is 362 g/mol. The second kappa shape index (κ2) is 7.64. The number of hydrogen-bond donors (Lipinski definition) is 0. The number of benzene rings is 2. The second-order valence-electron chi connectivity index (χ2n) is 7.45. The van der Waals surface area contributed by atoms with Crippen LogP contribution in [-0.2, 0) is 11.3 Å². The highest BCUT2D eigenvalue weighted by molar-refractivity contribution is 5.59. The number of rotatable bonds is 5. The third kappa shape index (κ3) is 3.59. The number of aryl methyl sites for hydroxylation is 1. The molecule has 1 fully saturated rings. The smallest absolute Gasteiger partial charge is 0.163 e. The first-order valence-corrected chi connectivity index (χ1v) is 9.95. The lowest BCUT2D eigenvalue weighted by atomic mass is 10.1. The van der Waals surface area contributed by atoms with E-state index in [1.807, 2.05) is 33.8 Å². The van der Waals surface area contributed by atoms with Crippen molar-refractivity contribution in [1.29, 1.82) is 0 Å². The van der Waals surface area contributed by atoms with Crippen molar-refractivity contribution in [2.45, 2.75) is 25.8 Å². The van der Waals surface area contributed by atoms with E-state index in [1.54, 1.807) is 6.20 Å². The van der Waals surface area contributed by atoms with Crippen LogP contribution in [0.15, 0.2) is 67.0 Å². The van der Waals surface area contributed by atoms with E-state index in [9.17, 15) is 0 Å². The maximum Gasteiger partial charge on any atom is 0.163 e. The van der Waals surface area contributed by atoms with Crippen LogP contribution in [0.5, 0.6) is 0 Å².